The van der Waals surface area contributed by atoms with E-state index in [0.717, 1.165) is 12.8 Å². The van der Waals surface area contributed by atoms with Crippen molar-refractivity contribution in [1.82, 2.24) is 9.88 Å². The molecule has 0 saturated carbocycles. The van der Waals surface area contributed by atoms with Crippen LogP contribution in [-0.2, 0) is 0 Å². The van der Waals surface area contributed by atoms with Gasteiger partial charge in [0.15, 0.2) is 0 Å². The lowest BCUT2D eigenvalue weighted by atomic mass is 10.3. The molecule has 0 atom stereocenters. The summed E-state index contributed by atoms with van der Waals surface area (Å²) in [4.78, 5) is 17.7. The fourth-order valence-corrected chi connectivity index (χ4v) is 1.78. The van der Waals surface area contributed by atoms with E-state index >= 15 is 0 Å². The molecule has 2 N–H and O–H groups in total. The van der Waals surface area contributed by atoms with Crippen molar-refractivity contribution in [2.75, 3.05) is 25.0 Å². The molecule has 0 bridgehead atoms. The molecule has 0 unspecified atom stereocenters. The Hall–Kier alpha value is -1.33. The third-order valence-electron chi connectivity index (χ3n) is 2.63. The second-order valence-electron chi connectivity index (χ2n) is 4.22. The van der Waals surface area contributed by atoms with E-state index in [1.165, 1.54) is 0 Å². The maximum Gasteiger partial charge on any atom is 0.321 e. The van der Waals surface area contributed by atoms with Crippen molar-refractivity contribution in [2.45, 2.75) is 26.2 Å². The summed E-state index contributed by atoms with van der Waals surface area (Å²) in [6.45, 7) is 3.38. The summed E-state index contributed by atoms with van der Waals surface area (Å²) < 4.78 is 0. The predicted octanol–water partition coefficient (Wildman–Crippen LogP) is 2.75. The molecular formula is C13H20ClN3O2. The molecule has 0 spiro atoms. The Balaban J connectivity index is 2.59. The number of unbranched alkanes of at least 4 members (excludes halogenated alkanes) is 1. The molecule has 6 heteroatoms. The van der Waals surface area contributed by atoms with Gasteiger partial charge in [-0.2, -0.15) is 0 Å². The lowest BCUT2D eigenvalue weighted by Crippen LogP contribution is -2.36. The number of rotatable bonds is 7. The number of carbonyl (C=O) groups is 1. The maximum atomic E-state index is 12.1. The van der Waals surface area contributed by atoms with Crippen LogP contribution in [0.15, 0.2) is 18.3 Å². The molecule has 0 aliphatic rings. The van der Waals surface area contributed by atoms with Gasteiger partial charge in [0.05, 0.1) is 0 Å². The van der Waals surface area contributed by atoms with Crippen LogP contribution in [0.3, 0.4) is 0 Å². The first-order chi connectivity index (χ1) is 9.17. The van der Waals surface area contributed by atoms with Crippen molar-refractivity contribution >= 4 is 23.3 Å². The van der Waals surface area contributed by atoms with Gasteiger partial charge in [0.25, 0.3) is 0 Å². The third kappa shape index (κ3) is 5.89. The molecule has 0 radical (unpaired) electrons. The molecule has 1 rings (SSSR count). The van der Waals surface area contributed by atoms with Gasteiger partial charge in [0, 0.05) is 31.6 Å². The number of hydrogen-bond donors (Lipinski definition) is 2. The highest BCUT2D eigenvalue weighted by Crippen LogP contribution is 2.12. The molecule has 2 amide bonds. The van der Waals surface area contributed by atoms with E-state index in [0.29, 0.717) is 30.4 Å². The van der Waals surface area contributed by atoms with E-state index in [4.69, 9.17) is 16.7 Å². The topological polar surface area (TPSA) is 65.5 Å². The molecule has 19 heavy (non-hydrogen) atoms. The first-order valence-electron chi connectivity index (χ1n) is 6.45. The molecule has 0 aliphatic carbocycles. The van der Waals surface area contributed by atoms with Gasteiger partial charge < -0.3 is 15.3 Å². The Morgan fingerprint density at radius 3 is 2.84 bits per heavy atom. The molecule has 1 aromatic heterocycles. The fraction of sp³-hybridized carbons (Fsp3) is 0.538. The number of carbonyl (C=O) groups excluding carboxylic acids is 1. The van der Waals surface area contributed by atoms with Gasteiger partial charge in [-0.1, -0.05) is 24.9 Å². The van der Waals surface area contributed by atoms with Gasteiger partial charge in [-0.3, -0.25) is 0 Å². The van der Waals surface area contributed by atoms with Crippen molar-refractivity contribution in [3.63, 3.8) is 0 Å². The van der Waals surface area contributed by atoms with Crippen molar-refractivity contribution in [2.24, 2.45) is 0 Å². The van der Waals surface area contributed by atoms with E-state index in [2.05, 4.69) is 17.2 Å². The van der Waals surface area contributed by atoms with Crippen LogP contribution in [0.4, 0.5) is 10.5 Å². The van der Waals surface area contributed by atoms with E-state index < -0.39 is 0 Å². The second-order valence-corrected chi connectivity index (χ2v) is 4.60. The molecule has 0 aliphatic heterocycles. The summed E-state index contributed by atoms with van der Waals surface area (Å²) in [5.74, 6) is 0. The number of nitrogens with one attached hydrogen (secondary N) is 1. The SMILES string of the molecule is CCCCN(CCCO)C(=O)Nc1ccnc(Cl)c1. The van der Waals surface area contributed by atoms with Crippen molar-refractivity contribution in [1.29, 1.82) is 0 Å². The van der Waals surface area contributed by atoms with Gasteiger partial charge in [0.1, 0.15) is 5.15 Å². The molecule has 5 nitrogen and oxygen atoms in total. The number of aliphatic hydroxyl groups excluding tert-OH is 1. The summed E-state index contributed by atoms with van der Waals surface area (Å²) >= 11 is 5.77. The molecule has 1 aromatic rings. The van der Waals surface area contributed by atoms with E-state index in [1.807, 2.05) is 0 Å². The number of urea groups is 1. The number of hydrogen-bond acceptors (Lipinski definition) is 3. The normalized spacial score (nSPS) is 10.3. The minimum absolute atomic E-state index is 0.0803. The van der Waals surface area contributed by atoms with Crippen molar-refractivity contribution < 1.29 is 9.90 Å². The Labute approximate surface area is 118 Å². The number of nitrogens with zero attached hydrogens (tertiary/aromatic N) is 2. The molecule has 0 fully saturated rings. The average molecular weight is 286 g/mol. The Morgan fingerprint density at radius 2 is 2.21 bits per heavy atom. The van der Waals surface area contributed by atoms with Gasteiger partial charge >= 0.3 is 6.03 Å². The summed E-state index contributed by atoms with van der Waals surface area (Å²) in [5, 5.41) is 12.0. The van der Waals surface area contributed by atoms with E-state index in [9.17, 15) is 4.79 Å². The van der Waals surface area contributed by atoms with Gasteiger partial charge in [-0.15, -0.1) is 0 Å². The average Bonchev–Trinajstić information content (AvgIpc) is 2.38. The first-order valence-corrected chi connectivity index (χ1v) is 6.83. The van der Waals surface area contributed by atoms with Gasteiger partial charge in [-0.25, -0.2) is 9.78 Å². The number of pyridine rings is 1. The van der Waals surface area contributed by atoms with Crippen LogP contribution in [0.25, 0.3) is 0 Å². The standard InChI is InChI=1S/C13H20ClN3O2/c1-2-3-7-17(8-4-9-18)13(19)16-11-5-6-15-12(14)10-11/h5-6,10,18H,2-4,7-9H2,1H3,(H,15,16,19). The number of amides is 2. The summed E-state index contributed by atoms with van der Waals surface area (Å²) in [5.41, 5.74) is 0.621. The monoisotopic (exact) mass is 285 g/mol. The van der Waals surface area contributed by atoms with Gasteiger partial charge in [0.2, 0.25) is 0 Å². The van der Waals surface area contributed by atoms with Crippen LogP contribution in [0.5, 0.6) is 0 Å². The smallest absolute Gasteiger partial charge is 0.321 e. The molecule has 0 saturated heterocycles. The lowest BCUT2D eigenvalue weighted by Gasteiger charge is -2.22. The molecule has 106 valence electrons. The second kappa shape index (κ2) is 8.72. The van der Waals surface area contributed by atoms with Crippen LogP contribution in [0, 0.1) is 0 Å². The highest BCUT2D eigenvalue weighted by atomic mass is 35.5. The number of anilines is 1. The summed E-state index contributed by atoms with van der Waals surface area (Å²) in [6, 6.07) is 3.11. The summed E-state index contributed by atoms with van der Waals surface area (Å²) in [6.07, 6.45) is 4.08. The summed E-state index contributed by atoms with van der Waals surface area (Å²) in [7, 11) is 0. The zero-order valence-electron chi connectivity index (χ0n) is 11.1. The van der Waals surface area contributed by atoms with Crippen LogP contribution >= 0.6 is 11.6 Å². The van der Waals surface area contributed by atoms with Crippen LogP contribution in [0.1, 0.15) is 26.2 Å². The van der Waals surface area contributed by atoms with E-state index in [1.54, 1.807) is 23.2 Å². The predicted molar refractivity (Wildman–Crippen MR) is 76.4 cm³/mol. The highest BCUT2D eigenvalue weighted by Gasteiger charge is 2.12. The quantitative estimate of drug-likeness (QED) is 0.757. The van der Waals surface area contributed by atoms with Crippen LogP contribution in [0.2, 0.25) is 5.15 Å². The third-order valence-corrected chi connectivity index (χ3v) is 2.84. The lowest BCUT2D eigenvalue weighted by molar-refractivity contribution is 0.201. The van der Waals surface area contributed by atoms with Crippen molar-refractivity contribution in [3.8, 4) is 0 Å². The van der Waals surface area contributed by atoms with Crippen molar-refractivity contribution in [3.05, 3.63) is 23.5 Å². The number of aromatic nitrogens is 1. The minimum atomic E-state index is -0.177. The Bertz CT molecular complexity index is 393. The van der Waals surface area contributed by atoms with E-state index in [-0.39, 0.29) is 12.6 Å². The molecular weight excluding hydrogens is 266 g/mol. The Morgan fingerprint density at radius 1 is 1.47 bits per heavy atom. The number of aliphatic hydroxyl groups is 1. The molecule has 1 heterocycles. The fourth-order valence-electron chi connectivity index (χ4n) is 1.61. The van der Waals surface area contributed by atoms with Crippen LogP contribution < -0.4 is 5.32 Å². The number of halogens is 1. The zero-order chi connectivity index (χ0) is 14.1. The largest absolute Gasteiger partial charge is 0.396 e. The maximum absolute atomic E-state index is 12.1. The molecule has 0 aromatic carbocycles. The zero-order valence-corrected chi connectivity index (χ0v) is 11.9. The first kappa shape index (κ1) is 15.7. The Kier molecular flexibility index (Phi) is 7.22. The highest BCUT2D eigenvalue weighted by molar-refractivity contribution is 6.29. The van der Waals surface area contributed by atoms with Crippen LogP contribution in [-0.4, -0.2) is 40.7 Å². The minimum Gasteiger partial charge on any atom is -0.396 e. The van der Waals surface area contributed by atoms with Gasteiger partial charge in [-0.05, 0) is 25.0 Å².